The number of nitrogens with one attached hydrogen (secondary N) is 3. The number of nitrogens with zero attached hydrogens (tertiary/aromatic N) is 1. The molecule has 0 aromatic heterocycles. The second-order valence-corrected chi connectivity index (χ2v) is 3.53. The fourth-order valence-electron chi connectivity index (χ4n) is 1.35. The van der Waals surface area contributed by atoms with Crippen molar-refractivity contribution in [3.05, 3.63) is 12.3 Å². The topological polar surface area (TPSA) is 85.8 Å². The second-order valence-electron chi connectivity index (χ2n) is 3.53. The molecule has 0 aromatic carbocycles. The van der Waals surface area contributed by atoms with Crippen LogP contribution in [-0.2, 0) is 4.79 Å². The summed E-state index contributed by atoms with van der Waals surface area (Å²) in [6.45, 7) is 4.31. The lowest BCUT2D eigenvalue weighted by Gasteiger charge is -2.18. The molecule has 2 heterocycles. The number of hydrogen-bond acceptors (Lipinski definition) is 5. The predicted molar refractivity (Wildman–Crippen MR) is 62.3 cm³/mol. The molecule has 1 atom stereocenters. The zero-order chi connectivity index (χ0) is 11.8. The first-order valence-electron chi connectivity index (χ1n) is 5.29. The molecule has 0 fully saturated rings. The number of aliphatic imine (C=N–C) groups is 1. The third-order valence-corrected chi connectivity index (χ3v) is 2.17. The van der Waals surface area contributed by atoms with Crippen LogP contribution >= 0.6 is 0 Å². The Morgan fingerprint density at radius 3 is 2.75 bits per heavy atom. The van der Waals surface area contributed by atoms with Gasteiger partial charge in [-0.2, -0.15) is 0 Å². The number of amidine groups is 1. The minimum absolute atomic E-state index is 0.433. The molecule has 16 heavy (non-hydrogen) atoms. The first kappa shape index (κ1) is 12.5. The normalized spacial score (nSPS) is 23.1. The number of rotatable bonds is 1. The van der Waals surface area contributed by atoms with E-state index in [0.29, 0.717) is 13.0 Å². The van der Waals surface area contributed by atoms with E-state index < -0.39 is 12.0 Å². The van der Waals surface area contributed by atoms with E-state index in [-0.39, 0.29) is 0 Å². The quantitative estimate of drug-likeness (QED) is 0.484. The van der Waals surface area contributed by atoms with Crippen molar-refractivity contribution in [2.75, 3.05) is 19.8 Å². The molecular formula is C10H18N4O2. The molecule has 0 spiro atoms. The molecule has 0 saturated heterocycles. The summed E-state index contributed by atoms with van der Waals surface area (Å²) in [6, 6.07) is -0.433. The van der Waals surface area contributed by atoms with Crippen molar-refractivity contribution < 1.29 is 9.90 Å². The van der Waals surface area contributed by atoms with Crippen molar-refractivity contribution in [3.63, 3.8) is 0 Å². The molecule has 0 amide bonds. The van der Waals surface area contributed by atoms with Crippen molar-refractivity contribution in [1.82, 2.24) is 16.0 Å². The van der Waals surface area contributed by atoms with Crippen LogP contribution < -0.4 is 16.0 Å². The van der Waals surface area contributed by atoms with Gasteiger partial charge in [-0.25, -0.2) is 4.79 Å². The van der Waals surface area contributed by atoms with Gasteiger partial charge in [-0.05, 0) is 19.5 Å². The Balaban J connectivity index is 0.000000181. The molecule has 2 aliphatic heterocycles. The van der Waals surface area contributed by atoms with E-state index >= 15 is 0 Å². The monoisotopic (exact) mass is 226 g/mol. The molecule has 6 nitrogen and oxygen atoms in total. The Morgan fingerprint density at radius 1 is 1.62 bits per heavy atom. The summed E-state index contributed by atoms with van der Waals surface area (Å²) in [5.74, 6) is -0.0760. The molecule has 6 heteroatoms. The fraction of sp³-hybridized carbons (Fsp3) is 0.600. The fourth-order valence-corrected chi connectivity index (χ4v) is 1.35. The Morgan fingerprint density at radius 2 is 2.44 bits per heavy atom. The molecule has 2 aliphatic rings. The summed E-state index contributed by atoms with van der Waals surface area (Å²) in [5.41, 5.74) is 0. The van der Waals surface area contributed by atoms with Crippen LogP contribution in [0.2, 0.25) is 0 Å². The molecule has 0 unspecified atom stereocenters. The number of carbonyl (C=O) groups is 1. The summed E-state index contributed by atoms with van der Waals surface area (Å²) in [5, 5.41) is 17.4. The minimum atomic E-state index is -0.797. The van der Waals surface area contributed by atoms with Gasteiger partial charge in [0.15, 0.2) is 0 Å². The van der Waals surface area contributed by atoms with Crippen LogP contribution in [0.4, 0.5) is 0 Å². The molecule has 0 saturated carbocycles. The van der Waals surface area contributed by atoms with E-state index in [1.54, 1.807) is 6.92 Å². The van der Waals surface area contributed by atoms with E-state index in [2.05, 4.69) is 20.9 Å². The lowest BCUT2D eigenvalue weighted by atomic mass is 10.2. The zero-order valence-electron chi connectivity index (χ0n) is 9.36. The van der Waals surface area contributed by atoms with E-state index in [0.717, 1.165) is 19.0 Å². The Hall–Kier alpha value is -1.56. The van der Waals surface area contributed by atoms with Crippen molar-refractivity contribution >= 4 is 11.8 Å². The summed E-state index contributed by atoms with van der Waals surface area (Å²) < 4.78 is 0. The molecule has 0 aromatic rings. The van der Waals surface area contributed by atoms with Crippen molar-refractivity contribution in [3.8, 4) is 0 Å². The average molecular weight is 226 g/mol. The van der Waals surface area contributed by atoms with Crippen LogP contribution in [0.3, 0.4) is 0 Å². The highest BCUT2D eigenvalue weighted by Gasteiger charge is 2.19. The molecule has 90 valence electrons. The Bertz CT molecular complexity index is 281. The van der Waals surface area contributed by atoms with Crippen LogP contribution in [0, 0.1) is 0 Å². The number of carboxylic acids is 1. The first-order chi connectivity index (χ1) is 7.70. The summed E-state index contributed by atoms with van der Waals surface area (Å²) in [7, 11) is 0. The Kier molecular flexibility index (Phi) is 5.35. The standard InChI is InChI=1S/C6H10N2O2.C4H8N2/c1-4-7-3-2-5(8-4)6(9)10;1-2-5-4-6-3-1/h5H,2-3H2,1H3,(H,7,8)(H,9,10);1-2,5-6H,3-4H2/t5-;/m0./s1. The highest BCUT2D eigenvalue weighted by molar-refractivity contribution is 5.86. The second kappa shape index (κ2) is 6.84. The molecule has 0 bridgehead atoms. The van der Waals surface area contributed by atoms with Gasteiger partial charge < -0.3 is 15.7 Å². The van der Waals surface area contributed by atoms with Crippen LogP contribution in [0.1, 0.15) is 13.3 Å². The molecule has 2 rings (SSSR count). The van der Waals surface area contributed by atoms with Gasteiger partial charge in [0.2, 0.25) is 0 Å². The number of hydrogen-bond donors (Lipinski definition) is 4. The highest BCUT2D eigenvalue weighted by atomic mass is 16.4. The average Bonchev–Trinajstić information content (AvgIpc) is 2.32. The number of carboxylic acid groups (broad SMARTS) is 1. The lowest BCUT2D eigenvalue weighted by molar-refractivity contribution is -0.139. The van der Waals surface area contributed by atoms with Crippen LogP contribution in [0.15, 0.2) is 17.3 Å². The van der Waals surface area contributed by atoms with Crippen molar-refractivity contribution in [2.24, 2.45) is 4.99 Å². The van der Waals surface area contributed by atoms with Gasteiger partial charge in [0, 0.05) is 13.1 Å². The molecular weight excluding hydrogens is 208 g/mol. The van der Waals surface area contributed by atoms with Crippen LogP contribution in [0.25, 0.3) is 0 Å². The summed E-state index contributed by atoms with van der Waals surface area (Å²) >= 11 is 0. The minimum Gasteiger partial charge on any atom is -0.480 e. The number of aliphatic carboxylic acids is 1. The third-order valence-electron chi connectivity index (χ3n) is 2.17. The third kappa shape index (κ3) is 4.79. The van der Waals surface area contributed by atoms with Gasteiger partial charge in [-0.3, -0.25) is 10.3 Å². The van der Waals surface area contributed by atoms with E-state index in [1.807, 2.05) is 12.3 Å². The smallest absolute Gasteiger partial charge is 0.326 e. The summed E-state index contributed by atoms with van der Waals surface area (Å²) in [4.78, 5) is 14.4. The van der Waals surface area contributed by atoms with Crippen molar-refractivity contribution in [2.45, 2.75) is 19.4 Å². The maximum atomic E-state index is 10.4. The maximum Gasteiger partial charge on any atom is 0.326 e. The SMILES string of the molecule is C1=CNCNC1.CC1=NCC[C@@H](C(=O)O)N1. The molecule has 0 aliphatic carbocycles. The van der Waals surface area contributed by atoms with Gasteiger partial charge in [0.05, 0.1) is 12.5 Å². The highest BCUT2D eigenvalue weighted by Crippen LogP contribution is 1.98. The van der Waals surface area contributed by atoms with Gasteiger partial charge in [-0.15, -0.1) is 0 Å². The zero-order valence-corrected chi connectivity index (χ0v) is 9.36. The van der Waals surface area contributed by atoms with Gasteiger partial charge >= 0.3 is 5.97 Å². The van der Waals surface area contributed by atoms with Gasteiger partial charge in [-0.1, -0.05) is 6.08 Å². The van der Waals surface area contributed by atoms with E-state index in [1.165, 1.54) is 0 Å². The van der Waals surface area contributed by atoms with Crippen LogP contribution in [0.5, 0.6) is 0 Å². The van der Waals surface area contributed by atoms with Crippen molar-refractivity contribution in [1.29, 1.82) is 0 Å². The van der Waals surface area contributed by atoms with E-state index in [9.17, 15) is 4.79 Å². The largest absolute Gasteiger partial charge is 0.480 e. The summed E-state index contributed by atoms with van der Waals surface area (Å²) in [6.07, 6.45) is 4.59. The molecule has 4 N–H and O–H groups in total. The van der Waals surface area contributed by atoms with Gasteiger partial charge in [0.25, 0.3) is 0 Å². The predicted octanol–water partition coefficient (Wildman–Crippen LogP) is -0.498. The Labute approximate surface area is 94.8 Å². The van der Waals surface area contributed by atoms with Gasteiger partial charge in [0.1, 0.15) is 6.04 Å². The lowest BCUT2D eigenvalue weighted by Crippen LogP contribution is -2.42. The first-order valence-corrected chi connectivity index (χ1v) is 5.29. The van der Waals surface area contributed by atoms with E-state index in [4.69, 9.17) is 5.11 Å². The maximum absolute atomic E-state index is 10.4. The molecule has 0 radical (unpaired) electrons. The van der Waals surface area contributed by atoms with Crippen LogP contribution in [-0.4, -0.2) is 42.7 Å².